The molecule has 1 fully saturated rings. The summed E-state index contributed by atoms with van der Waals surface area (Å²) in [5, 5.41) is 0. The number of nitrogens with zero attached hydrogens (tertiary/aromatic N) is 1. The quantitative estimate of drug-likeness (QED) is 0.921. The third-order valence-electron chi connectivity index (χ3n) is 3.81. The van der Waals surface area contributed by atoms with Gasteiger partial charge in [0.1, 0.15) is 5.72 Å². The number of carbonyl (C=O) groups excluding carboxylic acids is 1. The topological polar surface area (TPSA) is 75.7 Å². The number of amides is 2. The Morgan fingerprint density at radius 1 is 1.36 bits per heavy atom. The largest absolute Gasteiger partial charge is 0.354 e. The van der Waals surface area contributed by atoms with Crippen LogP contribution in [-0.4, -0.2) is 38.2 Å². The van der Waals surface area contributed by atoms with Gasteiger partial charge in [0.25, 0.3) is 10.0 Å². The van der Waals surface area contributed by atoms with Gasteiger partial charge in [0, 0.05) is 6.54 Å². The van der Waals surface area contributed by atoms with Gasteiger partial charge in [-0.1, -0.05) is 31.0 Å². The molecule has 0 spiro atoms. The zero-order valence-corrected chi connectivity index (χ0v) is 13.9. The first kappa shape index (κ1) is 16.8. The highest BCUT2D eigenvalue weighted by molar-refractivity contribution is 7.90. The summed E-state index contributed by atoms with van der Waals surface area (Å²) in [5.74, 6) is 0. The van der Waals surface area contributed by atoms with Gasteiger partial charge in [-0.15, -0.1) is 0 Å². The number of nitrogens with one attached hydrogen (secondary N) is 1. The van der Waals surface area contributed by atoms with Crippen LogP contribution in [0.5, 0.6) is 0 Å². The van der Waals surface area contributed by atoms with Crippen LogP contribution in [0, 0.1) is 6.92 Å². The molecule has 122 valence electrons. The van der Waals surface area contributed by atoms with Crippen LogP contribution in [0.25, 0.3) is 0 Å². The van der Waals surface area contributed by atoms with Gasteiger partial charge >= 0.3 is 6.03 Å². The van der Waals surface area contributed by atoms with Crippen molar-refractivity contribution in [1.29, 1.82) is 0 Å². The molecule has 1 aliphatic heterocycles. The first-order chi connectivity index (χ1) is 10.3. The fraction of sp³-hybridized carbons (Fsp3) is 0.533. The lowest BCUT2D eigenvalue weighted by Gasteiger charge is -2.33. The van der Waals surface area contributed by atoms with E-state index in [0.717, 1.165) is 12.0 Å². The van der Waals surface area contributed by atoms with E-state index in [1.54, 1.807) is 12.1 Å². The molecule has 1 aliphatic rings. The van der Waals surface area contributed by atoms with Crippen LogP contribution in [0.1, 0.15) is 32.3 Å². The maximum Gasteiger partial charge on any atom is 0.333 e. The summed E-state index contributed by atoms with van der Waals surface area (Å²) in [7, 11) is -3.88. The second kappa shape index (κ2) is 6.26. The van der Waals surface area contributed by atoms with Gasteiger partial charge in [-0.2, -0.15) is 0 Å². The number of hydrogen-bond acceptors (Lipinski definition) is 4. The average molecular weight is 326 g/mol. The molecule has 0 bridgehead atoms. The molecule has 6 nitrogen and oxygen atoms in total. The van der Waals surface area contributed by atoms with Crippen molar-refractivity contribution in [3.05, 3.63) is 29.8 Å². The van der Waals surface area contributed by atoms with Crippen LogP contribution in [-0.2, 0) is 14.8 Å². The minimum absolute atomic E-state index is 0.0729. The fourth-order valence-electron chi connectivity index (χ4n) is 2.60. The Balaban J connectivity index is 2.15. The molecule has 0 aromatic heterocycles. The van der Waals surface area contributed by atoms with Crippen molar-refractivity contribution in [2.45, 2.75) is 44.2 Å². The van der Waals surface area contributed by atoms with E-state index in [1.165, 1.54) is 17.0 Å². The Morgan fingerprint density at radius 3 is 2.59 bits per heavy atom. The average Bonchev–Trinajstić information content (AvgIpc) is 2.81. The highest BCUT2D eigenvalue weighted by Crippen LogP contribution is 2.28. The van der Waals surface area contributed by atoms with E-state index >= 15 is 0 Å². The van der Waals surface area contributed by atoms with Gasteiger partial charge in [0.2, 0.25) is 0 Å². The molecule has 1 heterocycles. The second-order valence-corrected chi connectivity index (χ2v) is 7.33. The van der Waals surface area contributed by atoms with Crippen molar-refractivity contribution >= 4 is 16.1 Å². The molecule has 1 saturated heterocycles. The summed E-state index contributed by atoms with van der Waals surface area (Å²) in [6, 6.07) is 5.71. The van der Waals surface area contributed by atoms with Gasteiger partial charge in [-0.05, 0) is 32.4 Å². The Labute approximate surface area is 131 Å². The van der Waals surface area contributed by atoms with Crippen LogP contribution < -0.4 is 4.72 Å². The molecule has 2 amide bonds. The van der Waals surface area contributed by atoms with Crippen LogP contribution in [0.15, 0.2) is 29.2 Å². The maximum atomic E-state index is 12.3. The Bertz CT molecular complexity index is 642. The molecule has 0 aliphatic carbocycles. The molecule has 1 aromatic carbocycles. The second-order valence-electron chi connectivity index (χ2n) is 5.65. The van der Waals surface area contributed by atoms with Gasteiger partial charge in [0.15, 0.2) is 0 Å². The molecular formula is C15H22N2O4S. The number of rotatable bonds is 4. The number of hydrogen-bond donors (Lipinski definition) is 1. The summed E-state index contributed by atoms with van der Waals surface area (Å²) in [6.07, 6.45) is 1.50. The van der Waals surface area contributed by atoms with E-state index in [1.807, 2.05) is 20.8 Å². The normalized spacial score (nSPS) is 21.9. The predicted molar refractivity (Wildman–Crippen MR) is 82.9 cm³/mol. The SMILES string of the molecule is CCCC1(C)OCCN1C(=O)NS(=O)(=O)c1ccc(C)cc1. The van der Waals surface area contributed by atoms with E-state index in [2.05, 4.69) is 4.72 Å². The van der Waals surface area contributed by atoms with Gasteiger partial charge in [0.05, 0.1) is 11.5 Å². The van der Waals surface area contributed by atoms with E-state index in [4.69, 9.17) is 4.74 Å². The van der Waals surface area contributed by atoms with Crippen molar-refractivity contribution in [1.82, 2.24) is 9.62 Å². The van der Waals surface area contributed by atoms with E-state index < -0.39 is 21.8 Å². The molecule has 1 N–H and O–H groups in total. The lowest BCUT2D eigenvalue weighted by Crippen LogP contribution is -2.51. The molecule has 0 radical (unpaired) electrons. The molecule has 22 heavy (non-hydrogen) atoms. The lowest BCUT2D eigenvalue weighted by atomic mass is 10.1. The number of sulfonamides is 1. The monoisotopic (exact) mass is 326 g/mol. The first-order valence-corrected chi connectivity index (χ1v) is 8.82. The van der Waals surface area contributed by atoms with Crippen molar-refractivity contribution in [2.75, 3.05) is 13.2 Å². The summed E-state index contributed by atoms with van der Waals surface area (Å²) in [6.45, 7) is 6.46. The third kappa shape index (κ3) is 3.41. The van der Waals surface area contributed by atoms with Crippen molar-refractivity contribution in [2.24, 2.45) is 0 Å². The Hall–Kier alpha value is -1.60. The minimum atomic E-state index is -3.88. The van der Waals surface area contributed by atoms with Crippen LogP contribution in [0.3, 0.4) is 0 Å². The lowest BCUT2D eigenvalue weighted by molar-refractivity contribution is -0.0531. The highest BCUT2D eigenvalue weighted by atomic mass is 32.2. The standard InChI is InChI=1S/C15H22N2O4S/c1-4-9-15(3)17(10-11-21-15)14(18)16-22(19,20)13-7-5-12(2)6-8-13/h5-8H,4,9-11H2,1-3H3,(H,16,18). The zero-order valence-electron chi connectivity index (χ0n) is 13.1. The third-order valence-corrected chi connectivity index (χ3v) is 5.15. The van der Waals surface area contributed by atoms with Crippen LogP contribution in [0.4, 0.5) is 4.79 Å². The highest BCUT2D eigenvalue weighted by Gasteiger charge is 2.41. The van der Waals surface area contributed by atoms with Crippen molar-refractivity contribution < 1.29 is 17.9 Å². The van der Waals surface area contributed by atoms with E-state index in [-0.39, 0.29) is 4.90 Å². The number of urea groups is 1. The molecule has 1 atom stereocenters. The molecule has 2 rings (SSSR count). The number of aryl methyl sites for hydroxylation is 1. The van der Waals surface area contributed by atoms with Crippen molar-refractivity contribution in [3.63, 3.8) is 0 Å². The smallest absolute Gasteiger partial charge is 0.333 e. The molecule has 7 heteroatoms. The van der Waals surface area contributed by atoms with Crippen LogP contribution in [0.2, 0.25) is 0 Å². The van der Waals surface area contributed by atoms with E-state index in [9.17, 15) is 13.2 Å². The summed E-state index contributed by atoms with van der Waals surface area (Å²) >= 11 is 0. The molecular weight excluding hydrogens is 304 g/mol. The summed E-state index contributed by atoms with van der Waals surface area (Å²) < 4.78 is 32.3. The zero-order chi connectivity index (χ0) is 16.4. The molecule has 1 aromatic rings. The van der Waals surface area contributed by atoms with E-state index in [0.29, 0.717) is 19.6 Å². The fourth-order valence-corrected chi connectivity index (χ4v) is 3.56. The molecule has 1 unspecified atom stereocenters. The van der Waals surface area contributed by atoms with Gasteiger partial charge < -0.3 is 4.74 Å². The Morgan fingerprint density at radius 2 is 2.00 bits per heavy atom. The van der Waals surface area contributed by atoms with Crippen LogP contribution >= 0.6 is 0 Å². The maximum absolute atomic E-state index is 12.3. The predicted octanol–water partition coefficient (Wildman–Crippen LogP) is 2.24. The van der Waals surface area contributed by atoms with Gasteiger partial charge in [-0.3, -0.25) is 4.90 Å². The summed E-state index contributed by atoms with van der Waals surface area (Å²) in [4.78, 5) is 13.9. The molecule has 0 saturated carbocycles. The van der Waals surface area contributed by atoms with Crippen molar-refractivity contribution in [3.8, 4) is 0 Å². The number of carbonyl (C=O) groups is 1. The number of ether oxygens (including phenoxy) is 1. The minimum Gasteiger partial charge on any atom is -0.354 e. The van der Waals surface area contributed by atoms with Gasteiger partial charge in [-0.25, -0.2) is 17.9 Å². The number of benzene rings is 1. The Kier molecular flexibility index (Phi) is 4.77. The summed E-state index contributed by atoms with van der Waals surface area (Å²) in [5.41, 5.74) is 0.204. The first-order valence-electron chi connectivity index (χ1n) is 7.33.